The van der Waals surface area contributed by atoms with E-state index in [4.69, 9.17) is 16.3 Å². The van der Waals surface area contributed by atoms with Gasteiger partial charge in [-0.15, -0.1) is 0 Å². The predicted molar refractivity (Wildman–Crippen MR) is 143 cm³/mol. The Morgan fingerprint density at radius 1 is 0.914 bits per heavy atom. The van der Waals surface area contributed by atoms with Crippen LogP contribution in [-0.4, -0.2) is 42.7 Å². The Bertz CT molecular complexity index is 1260. The van der Waals surface area contributed by atoms with E-state index in [2.05, 4.69) is 16.0 Å². The number of rotatable bonds is 9. The van der Waals surface area contributed by atoms with Gasteiger partial charge in [0.15, 0.2) is 0 Å². The molecule has 2 unspecified atom stereocenters. The van der Waals surface area contributed by atoms with E-state index in [9.17, 15) is 5.11 Å². The second-order valence-electron chi connectivity index (χ2n) is 9.04. The summed E-state index contributed by atoms with van der Waals surface area (Å²) in [4.78, 5) is 6.69. The maximum Gasteiger partial charge on any atom is 0.126 e. The third kappa shape index (κ3) is 5.57. The number of nitrogens with zero attached hydrogens (tertiary/aromatic N) is 2. The first-order valence-corrected chi connectivity index (χ1v) is 12.1. The van der Waals surface area contributed by atoms with E-state index < -0.39 is 11.5 Å². The van der Waals surface area contributed by atoms with E-state index in [0.717, 1.165) is 33.6 Å². The first-order valence-electron chi connectivity index (χ1n) is 11.7. The van der Waals surface area contributed by atoms with Crippen molar-refractivity contribution in [3.8, 4) is 16.9 Å². The maximum atomic E-state index is 12.5. The molecule has 0 saturated carbocycles. The fourth-order valence-corrected chi connectivity index (χ4v) is 4.85. The van der Waals surface area contributed by atoms with E-state index in [1.165, 1.54) is 0 Å². The molecular weight excluding hydrogens is 456 g/mol. The number of hydrogen-bond acceptors (Lipinski definition) is 4. The second kappa shape index (κ2) is 11.0. The van der Waals surface area contributed by atoms with E-state index in [1.54, 1.807) is 7.11 Å². The summed E-state index contributed by atoms with van der Waals surface area (Å²) in [5.74, 6) is 0.377. The van der Waals surface area contributed by atoms with Gasteiger partial charge in [-0.2, -0.15) is 0 Å². The molecule has 180 valence electrons. The number of para-hydroxylation sites is 1. The largest absolute Gasteiger partial charge is 0.496 e. The Kier molecular flexibility index (Phi) is 7.86. The van der Waals surface area contributed by atoms with Gasteiger partial charge >= 0.3 is 0 Å². The number of halogens is 1. The van der Waals surface area contributed by atoms with Gasteiger partial charge in [0.2, 0.25) is 0 Å². The number of benzene rings is 3. The van der Waals surface area contributed by atoms with Crippen molar-refractivity contribution in [3.05, 3.63) is 119 Å². The molecule has 0 aliphatic heterocycles. The van der Waals surface area contributed by atoms with Crippen molar-refractivity contribution in [1.82, 2.24) is 9.88 Å². The summed E-state index contributed by atoms with van der Waals surface area (Å²) < 4.78 is 5.60. The van der Waals surface area contributed by atoms with Crippen LogP contribution in [0.25, 0.3) is 11.1 Å². The van der Waals surface area contributed by atoms with Crippen LogP contribution in [0.3, 0.4) is 0 Å². The van der Waals surface area contributed by atoms with Crippen LogP contribution in [0.4, 0.5) is 0 Å². The molecule has 0 aliphatic carbocycles. The summed E-state index contributed by atoms with van der Waals surface area (Å²) in [6.45, 7) is 0.710. The van der Waals surface area contributed by atoms with Gasteiger partial charge in [-0.3, -0.25) is 4.98 Å². The predicted octanol–water partition coefficient (Wildman–Crippen LogP) is 6.38. The first kappa shape index (κ1) is 24.9. The summed E-state index contributed by atoms with van der Waals surface area (Å²) in [5.41, 5.74) is 3.37. The smallest absolute Gasteiger partial charge is 0.126 e. The van der Waals surface area contributed by atoms with Gasteiger partial charge in [-0.1, -0.05) is 72.3 Å². The van der Waals surface area contributed by atoms with Crippen LogP contribution >= 0.6 is 11.6 Å². The molecule has 0 bridgehead atoms. The van der Waals surface area contributed by atoms with Gasteiger partial charge in [0, 0.05) is 41.0 Å². The zero-order valence-electron chi connectivity index (χ0n) is 20.4. The zero-order valence-corrected chi connectivity index (χ0v) is 21.1. The van der Waals surface area contributed by atoms with E-state index in [-0.39, 0.29) is 0 Å². The average Bonchev–Trinajstić information content (AvgIpc) is 2.88. The lowest BCUT2D eigenvalue weighted by Crippen LogP contribution is -2.37. The minimum Gasteiger partial charge on any atom is -0.496 e. The molecule has 0 aliphatic rings. The summed E-state index contributed by atoms with van der Waals surface area (Å²) >= 11 is 6.44. The number of aromatic nitrogens is 1. The Hall–Kier alpha value is -3.18. The van der Waals surface area contributed by atoms with Gasteiger partial charge in [0.05, 0.1) is 7.11 Å². The third-order valence-electron chi connectivity index (χ3n) is 6.38. The van der Waals surface area contributed by atoms with Crippen LogP contribution in [0.15, 0.2) is 97.3 Å². The molecule has 1 aromatic heterocycles. The molecule has 4 aromatic rings. The van der Waals surface area contributed by atoms with Crippen molar-refractivity contribution in [2.45, 2.75) is 17.9 Å². The molecule has 0 radical (unpaired) electrons. The molecule has 1 heterocycles. The first-order chi connectivity index (χ1) is 16.9. The van der Waals surface area contributed by atoms with Gasteiger partial charge in [-0.25, -0.2) is 0 Å². The van der Waals surface area contributed by atoms with E-state index in [1.807, 2.05) is 105 Å². The van der Waals surface area contributed by atoms with Crippen molar-refractivity contribution >= 4 is 11.6 Å². The molecule has 35 heavy (non-hydrogen) atoms. The fourth-order valence-electron chi connectivity index (χ4n) is 4.65. The molecule has 4 rings (SSSR count). The van der Waals surface area contributed by atoms with Crippen molar-refractivity contribution in [2.75, 3.05) is 27.7 Å². The average molecular weight is 487 g/mol. The third-order valence-corrected chi connectivity index (χ3v) is 6.62. The van der Waals surface area contributed by atoms with Crippen molar-refractivity contribution in [3.63, 3.8) is 0 Å². The fraction of sp³-hybridized carbons (Fsp3) is 0.233. The number of methoxy groups -OCH3 is 1. The van der Waals surface area contributed by atoms with Crippen LogP contribution in [0.1, 0.15) is 29.0 Å². The minimum atomic E-state index is -1.20. The number of ether oxygens (including phenoxy) is 1. The van der Waals surface area contributed by atoms with Gasteiger partial charge in [0.1, 0.15) is 11.4 Å². The summed E-state index contributed by atoms with van der Waals surface area (Å²) in [6.07, 6.45) is 4.20. The van der Waals surface area contributed by atoms with Crippen LogP contribution < -0.4 is 4.74 Å². The van der Waals surface area contributed by atoms with Gasteiger partial charge < -0.3 is 14.7 Å². The Balaban J connectivity index is 1.93. The topological polar surface area (TPSA) is 45.6 Å². The highest BCUT2D eigenvalue weighted by Gasteiger charge is 2.40. The molecule has 4 nitrogen and oxygen atoms in total. The lowest BCUT2D eigenvalue weighted by atomic mass is 9.72. The molecule has 0 saturated heterocycles. The standard InChI is InChI=1S/C30H31ClN2O2/c1-33(2)17-16-30(34,25-11-5-4-6-12-25)29(22-10-9-13-26(31)19-22)24-18-23(20-32-21-24)27-14-7-8-15-28(27)35-3/h4-15,18-21,29,34H,16-17H2,1-3H3. The molecule has 2 atom stereocenters. The van der Waals surface area contributed by atoms with Crippen LogP contribution in [0.5, 0.6) is 5.75 Å². The second-order valence-corrected chi connectivity index (χ2v) is 9.48. The summed E-state index contributed by atoms with van der Waals surface area (Å²) in [6, 6.07) is 27.6. The SMILES string of the molecule is COc1ccccc1-c1cncc(C(c2cccc(Cl)c2)C(O)(CCN(C)C)c2ccccc2)c1. The number of aliphatic hydroxyl groups is 1. The van der Waals surface area contributed by atoms with Gasteiger partial charge in [0.25, 0.3) is 0 Å². The quantitative estimate of drug-likeness (QED) is 0.298. The number of pyridine rings is 1. The maximum absolute atomic E-state index is 12.5. The van der Waals surface area contributed by atoms with Crippen LogP contribution in [0, 0.1) is 0 Å². The molecular formula is C30H31ClN2O2. The highest BCUT2D eigenvalue weighted by molar-refractivity contribution is 6.30. The summed E-state index contributed by atoms with van der Waals surface area (Å²) in [7, 11) is 5.70. The lowest BCUT2D eigenvalue weighted by molar-refractivity contribution is 0.00441. The molecule has 5 heteroatoms. The van der Waals surface area contributed by atoms with Crippen molar-refractivity contribution in [1.29, 1.82) is 0 Å². The summed E-state index contributed by atoms with van der Waals surface area (Å²) in [5, 5.41) is 13.2. The Morgan fingerprint density at radius 3 is 2.37 bits per heavy atom. The van der Waals surface area contributed by atoms with Gasteiger partial charge in [-0.05, 0) is 61.5 Å². The molecule has 1 N–H and O–H groups in total. The molecule has 3 aromatic carbocycles. The molecule has 0 spiro atoms. The zero-order chi connectivity index (χ0) is 24.8. The van der Waals surface area contributed by atoms with E-state index in [0.29, 0.717) is 18.0 Å². The highest BCUT2D eigenvalue weighted by atomic mass is 35.5. The molecule has 0 fully saturated rings. The van der Waals surface area contributed by atoms with Crippen LogP contribution in [-0.2, 0) is 5.60 Å². The van der Waals surface area contributed by atoms with Crippen molar-refractivity contribution in [2.24, 2.45) is 0 Å². The van der Waals surface area contributed by atoms with E-state index >= 15 is 0 Å². The van der Waals surface area contributed by atoms with Crippen molar-refractivity contribution < 1.29 is 9.84 Å². The van der Waals surface area contributed by atoms with Crippen LogP contribution in [0.2, 0.25) is 5.02 Å². The number of hydrogen-bond donors (Lipinski definition) is 1. The molecule has 0 amide bonds. The Morgan fingerprint density at radius 2 is 1.66 bits per heavy atom. The normalized spacial score (nSPS) is 13.9. The highest BCUT2D eigenvalue weighted by Crippen LogP contribution is 2.45. The monoisotopic (exact) mass is 486 g/mol. The minimum absolute atomic E-state index is 0.397. The Labute approximate surface area is 212 Å². The lowest BCUT2D eigenvalue weighted by Gasteiger charge is -2.38.